The van der Waals surface area contributed by atoms with E-state index in [1.54, 1.807) is 4.57 Å². The second-order valence-electron chi connectivity index (χ2n) is 6.22. The topological polar surface area (TPSA) is 138 Å². The van der Waals surface area contributed by atoms with Gasteiger partial charge in [-0.15, -0.1) is 0 Å². The molecule has 4 N–H and O–H groups in total. The third-order valence-electron chi connectivity index (χ3n) is 4.60. The highest BCUT2D eigenvalue weighted by atomic mass is 16.7. The Labute approximate surface area is 143 Å². The molecule has 2 fully saturated rings. The van der Waals surface area contributed by atoms with Crippen molar-refractivity contribution in [2.45, 2.75) is 50.1 Å². The minimum atomic E-state index is -1.00. The summed E-state index contributed by atoms with van der Waals surface area (Å²) in [5, 5.41) is 20.0. The van der Waals surface area contributed by atoms with Crippen LogP contribution in [0.3, 0.4) is 0 Å². The summed E-state index contributed by atoms with van der Waals surface area (Å²) in [6.07, 6.45) is 1.98. The van der Waals surface area contributed by atoms with E-state index >= 15 is 0 Å². The third-order valence-corrected chi connectivity index (χ3v) is 4.60. The number of fused-ring (bicyclic) bond motifs is 1. The van der Waals surface area contributed by atoms with Gasteiger partial charge in [-0.1, -0.05) is 0 Å². The maximum Gasteiger partial charge on any atom is 0.167 e. The standard InChI is InChI=1S/C15H21N5O5/c16-13-10-14(18-6-17-13)20(7-19-10)15-12(11(22)8(5-21)24-15)25-9-3-1-2-4-23-9/h6-9,11-12,15,21-22H,1-5H2,(H2,16,17,18)/t8-,9?,11-,12?,15-/m1/s1. The smallest absolute Gasteiger partial charge is 0.167 e. The summed E-state index contributed by atoms with van der Waals surface area (Å²) in [6, 6.07) is 0. The van der Waals surface area contributed by atoms with Gasteiger partial charge in [-0.25, -0.2) is 15.0 Å². The van der Waals surface area contributed by atoms with E-state index < -0.39 is 30.8 Å². The van der Waals surface area contributed by atoms with E-state index in [1.807, 2.05) is 0 Å². The molecular weight excluding hydrogens is 330 g/mol. The summed E-state index contributed by atoms with van der Waals surface area (Å²) in [5.41, 5.74) is 6.74. The zero-order valence-corrected chi connectivity index (χ0v) is 13.6. The average molecular weight is 351 g/mol. The number of aliphatic hydroxyl groups excluding tert-OH is 2. The maximum atomic E-state index is 10.5. The molecular formula is C15H21N5O5. The summed E-state index contributed by atoms with van der Waals surface area (Å²) in [7, 11) is 0. The number of nitrogens with two attached hydrogens (primary N) is 1. The van der Waals surface area contributed by atoms with Crippen LogP contribution in [-0.4, -0.2) is 67.5 Å². The number of imidazole rings is 1. The first-order valence-corrected chi connectivity index (χ1v) is 8.33. The van der Waals surface area contributed by atoms with Crippen molar-refractivity contribution in [2.24, 2.45) is 0 Å². The Bertz CT molecular complexity index is 734. The Morgan fingerprint density at radius 1 is 1.32 bits per heavy atom. The van der Waals surface area contributed by atoms with Crippen LogP contribution in [0, 0.1) is 0 Å². The maximum absolute atomic E-state index is 10.5. The summed E-state index contributed by atoms with van der Waals surface area (Å²) in [5.74, 6) is 0.258. The van der Waals surface area contributed by atoms with Gasteiger partial charge in [0, 0.05) is 6.61 Å². The zero-order chi connectivity index (χ0) is 17.4. The lowest BCUT2D eigenvalue weighted by Gasteiger charge is -2.29. The Balaban J connectivity index is 1.65. The molecule has 0 bridgehead atoms. The number of hydrogen-bond acceptors (Lipinski definition) is 9. The molecule has 2 unspecified atom stereocenters. The van der Waals surface area contributed by atoms with Crippen LogP contribution in [0.15, 0.2) is 12.7 Å². The van der Waals surface area contributed by atoms with Crippen molar-refractivity contribution in [3.63, 3.8) is 0 Å². The molecule has 0 amide bonds. The van der Waals surface area contributed by atoms with Crippen LogP contribution in [0.25, 0.3) is 11.2 Å². The van der Waals surface area contributed by atoms with Gasteiger partial charge < -0.3 is 30.2 Å². The molecule has 0 aromatic carbocycles. The number of ether oxygens (including phenoxy) is 3. The van der Waals surface area contributed by atoms with E-state index in [-0.39, 0.29) is 12.4 Å². The first-order chi connectivity index (χ1) is 12.2. The van der Waals surface area contributed by atoms with Crippen LogP contribution in [0.1, 0.15) is 25.5 Å². The minimum absolute atomic E-state index is 0.258. The molecule has 5 atom stereocenters. The minimum Gasteiger partial charge on any atom is -0.394 e. The van der Waals surface area contributed by atoms with E-state index in [4.69, 9.17) is 19.9 Å². The highest BCUT2D eigenvalue weighted by molar-refractivity contribution is 5.81. The number of aliphatic hydroxyl groups is 2. The second kappa shape index (κ2) is 6.81. The highest BCUT2D eigenvalue weighted by Gasteiger charge is 2.47. The van der Waals surface area contributed by atoms with Crippen LogP contribution < -0.4 is 5.73 Å². The van der Waals surface area contributed by atoms with Gasteiger partial charge in [-0.2, -0.15) is 0 Å². The van der Waals surface area contributed by atoms with Crippen molar-refractivity contribution >= 4 is 17.0 Å². The van der Waals surface area contributed by atoms with Gasteiger partial charge in [0.15, 0.2) is 24.0 Å². The van der Waals surface area contributed by atoms with Gasteiger partial charge in [0.25, 0.3) is 0 Å². The summed E-state index contributed by atoms with van der Waals surface area (Å²) >= 11 is 0. The molecule has 0 aliphatic carbocycles. The molecule has 0 spiro atoms. The molecule has 2 aliphatic heterocycles. The first kappa shape index (κ1) is 16.6. The third kappa shape index (κ3) is 2.96. The Kier molecular flexibility index (Phi) is 4.52. The Morgan fingerprint density at radius 2 is 2.20 bits per heavy atom. The van der Waals surface area contributed by atoms with Gasteiger partial charge in [0.05, 0.1) is 12.9 Å². The molecule has 2 aromatic heterocycles. The van der Waals surface area contributed by atoms with Gasteiger partial charge >= 0.3 is 0 Å². The van der Waals surface area contributed by atoms with E-state index in [1.165, 1.54) is 12.7 Å². The van der Waals surface area contributed by atoms with Crippen molar-refractivity contribution in [1.82, 2.24) is 19.5 Å². The van der Waals surface area contributed by atoms with Crippen molar-refractivity contribution in [3.05, 3.63) is 12.7 Å². The molecule has 4 heterocycles. The monoisotopic (exact) mass is 351 g/mol. The van der Waals surface area contributed by atoms with Gasteiger partial charge in [0.1, 0.15) is 30.2 Å². The first-order valence-electron chi connectivity index (χ1n) is 8.33. The number of anilines is 1. The molecule has 2 aliphatic rings. The second-order valence-corrected chi connectivity index (χ2v) is 6.22. The Morgan fingerprint density at radius 3 is 2.96 bits per heavy atom. The van der Waals surface area contributed by atoms with E-state index in [9.17, 15) is 10.2 Å². The molecule has 0 radical (unpaired) electrons. The number of rotatable bonds is 4. The predicted molar refractivity (Wildman–Crippen MR) is 85.2 cm³/mol. The van der Waals surface area contributed by atoms with Crippen LogP contribution in [-0.2, 0) is 14.2 Å². The number of nitrogen functional groups attached to an aromatic ring is 1. The normalized spacial score (nSPS) is 33.1. The fourth-order valence-corrected chi connectivity index (χ4v) is 3.29. The molecule has 136 valence electrons. The summed E-state index contributed by atoms with van der Waals surface area (Å²) in [6.45, 7) is 0.299. The van der Waals surface area contributed by atoms with Crippen molar-refractivity contribution in [1.29, 1.82) is 0 Å². The van der Waals surface area contributed by atoms with E-state index in [2.05, 4.69) is 15.0 Å². The van der Waals surface area contributed by atoms with Gasteiger partial charge in [-0.05, 0) is 19.3 Å². The molecule has 2 aromatic rings. The predicted octanol–water partition coefficient (Wildman–Crippen LogP) is -0.429. The summed E-state index contributed by atoms with van der Waals surface area (Å²) in [4.78, 5) is 12.3. The van der Waals surface area contributed by atoms with Crippen LogP contribution in [0.4, 0.5) is 5.82 Å². The molecule has 0 saturated carbocycles. The fraction of sp³-hybridized carbons (Fsp3) is 0.667. The number of hydrogen-bond donors (Lipinski definition) is 3. The lowest BCUT2D eigenvalue weighted by Crippen LogP contribution is -2.39. The van der Waals surface area contributed by atoms with Crippen LogP contribution in [0.5, 0.6) is 0 Å². The molecule has 2 saturated heterocycles. The quantitative estimate of drug-likeness (QED) is 0.670. The largest absolute Gasteiger partial charge is 0.394 e. The van der Waals surface area contributed by atoms with Crippen molar-refractivity contribution in [2.75, 3.05) is 18.9 Å². The zero-order valence-electron chi connectivity index (χ0n) is 13.6. The molecule has 10 nitrogen and oxygen atoms in total. The van der Waals surface area contributed by atoms with Crippen LogP contribution in [0.2, 0.25) is 0 Å². The van der Waals surface area contributed by atoms with Crippen LogP contribution >= 0.6 is 0 Å². The Hall–Kier alpha value is -1.85. The van der Waals surface area contributed by atoms with Gasteiger partial charge in [0.2, 0.25) is 0 Å². The molecule has 10 heteroatoms. The average Bonchev–Trinajstić information content (AvgIpc) is 3.19. The number of nitrogens with zero attached hydrogens (tertiary/aromatic N) is 4. The SMILES string of the molecule is Nc1ncnc2c1ncn2[C@@H]1O[C@H](CO)[C@@H](O)C1OC1CCCCO1. The molecule has 25 heavy (non-hydrogen) atoms. The summed E-state index contributed by atoms with van der Waals surface area (Å²) < 4.78 is 19.0. The van der Waals surface area contributed by atoms with Gasteiger partial charge in [-0.3, -0.25) is 4.57 Å². The van der Waals surface area contributed by atoms with E-state index in [0.717, 1.165) is 19.3 Å². The van der Waals surface area contributed by atoms with E-state index in [0.29, 0.717) is 17.8 Å². The lowest BCUT2D eigenvalue weighted by atomic mass is 10.1. The molecule has 4 rings (SSSR count). The fourth-order valence-electron chi connectivity index (χ4n) is 3.29. The highest BCUT2D eigenvalue weighted by Crippen LogP contribution is 2.35. The number of aromatic nitrogens is 4. The van der Waals surface area contributed by atoms with Crippen molar-refractivity contribution < 1.29 is 24.4 Å². The lowest BCUT2D eigenvalue weighted by molar-refractivity contribution is -0.215. The van der Waals surface area contributed by atoms with Crippen molar-refractivity contribution in [3.8, 4) is 0 Å².